The molecule has 1 amide bonds. The molecule has 0 aromatic rings. The zero-order chi connectivity index (χ0) is 40.0. The van der Waals surface area contributed by atoms with Gasteiger partial charge in [0.1, 0.15) is 0 Å². The van der Waals surface area contributed by atoms with Crippen molar-refractivity contribution in [2.24, 2.45) is 0 Å². The number of hydrogen-bond donors (Lipinski definition) is 3. The minimum absolute atomic E-state index is 0.0572. The molecule has 0 heterocycles. The van der Waals surface area contributed by atoms with Gasteiger partial charge in [-0.2, -0.15) is 0 Å². The number of nitrogens with one attached hydrogen (secondary N) is 1. The van der Waals surface area contributed by atoms with E-state index < -0.39 is 12.1 Å². The molecule has 328 valence electrons. The monoisotopic (exact) mass is 776 g/mol. The van der Waals surface area contributed by atoms with Crippen molar-refractivity contribution in [2.45, 2.75) is 302 Å². The lowest BCUT2D eigenvalue weighted by molar-refractivity contribution is -0.123. The van der Waals surface area contributed by atoms with Crippen LogP contribution >= 0.6 is 0 Å². The minimum atomic E-state index is -0.834. The second kappa shape index (κ2) is 47.5. The molecule has 4 nitrogen and oxygen atoms in total. The zero-order valence-electron chi connectivity index (χ0n) is 37.7. The van der Waals surface area contributed by atoms with Crippen molar-refractivity contribution in [1.82, 2.24) is 5.32 Å². The highest BCUT2D eigenvalue weighted by Crippen LogP contribution is 2.17. The van der Waals surface area contributed by atoms with Crippen LogP contribution in [0.1, 0.15) is 290 Å². The fourth-order valence-corrected chi connectivity index (χ4v) is 8.12. The number of unbranched alkanes of at least 4 members (excludes halogenated alkanes) is 40. The first-order valence-electron chi connectivity index (χ1n) is 25.4. The zero-order valence-corrected chi connectivity index (χ0v) is 37.7. The number of rotatable bonds is 47. The normalized spacial score (nSPS) is 12.9. The number of aliphatic hydroxyl groups excluding tert-OH is 2. The summed E-state index contributed by atoms with van der Waals surface area (Å²) in [5.74, 6) is -0.0572. The van der Waals surface area contributed by atoms with Crippen molar-refractivity contribution >= 4 is 5.91 Å². The summed E-state index contributed by atoms with van der Waals surface area (Å²) < 4.78 is 0. The molecule has 2 atom stereocenters. The highest BCUT2D eigenvalue weighted by atomic mass is 16.3. The predicted octanol–water partition coefficient (Wildman–Crippen LogP) is 16.2. The van der Waals surface area contributed by atoms with Crippen molar-refractivity contribution in [3.05, 3.63) is 12.2 Å². The Labute approximate surface area is 346 Å². The average Bonchev–Trinajstić information content (AvgIpc) is 3.19. The van der Waals surface area contributed by atoms with Gasteiger partial charge in [-0.15, -0.1) is 0 Å². The van der Waals surface area contributed by atoms with Crippen LogP contribution in [0.3, 0.4) is 0 Å². The molecule has 0 aromatic heterocycles. The van der Waals surface area contributed by atoms with Gasteiger partial charge in [0, 0.05) is 6.42 Å². The van der Waals surface area contributed by atoms with Crippen LogP contribution in [0.5, 0.6) is 0 Å². The largest absolute Gasteiger partial charge is 0.394 e. The van der Waals surface area contributed by atoms with Crippen LogP contribution < -0.4 is 5.32 Å². The number of aliphatic hydroxyl groups is 2. The molecule has 0 aliphatic heterocycles. The summed E-state index contributed by atoms with van der Waals surface area (Å²) >= 11 is 0. The highest BCUT2D eigenvalue weighted by molar-refractivity contribution is 5.76. The smallest absolute Gasteiger partial charge is 0.220 e. The molecule has 3 N–H and O–H groups in total. The van der Waals surface area contributed by atoms with Gasteiger partial charge in [0.15, 0.2) is 0 Å². The summed E-state index contributed by atoms with van der Waals surface area (Å²) in [5, 5.41) is 23.1. The van der Waals surface area contributed by atoms with E-state index in [1.54, 1.807) is 6.08 Å². The Morgan fingerprint density at radius 1 is 0.418 bits per heavy atom. The van der Waals surface area contributed by atoms with Crippen molar-refractivity contribution in [1.29, 1.82) is 0 Å². The summed E-state index contributed by atoms with van der Waals surface area (Å²) in [5.41, 5.74) is 0. The Hall–Kier alpha value is -0.870. The molecular weight excluding hydrogens is 675 g/mol. The molecule has 0 aliphatic rings. The predicted molar refractivity (Wildman–Crippen MR) is 244 cm³/mol. The quantitative estimate of drug-likeness (QED) is 0.0426. The van der Waals surface area contributed by atoms with E-state index in [-0.39, 0.29) is 12.5 Å². The van der Waals surface area contributed by atoms with E-state index in [2.05, 4.69) is 19.2 Å². The van der Waals surface area contributed by atoms with Gasteiger partial charge in [-0.1, -0.05) is 276 Å². The molecule has 0 saturated carbocycles. The maximum atomic E-state index is 12.4. The van der Waals surface area contributed by atoms with Crippen LogP contribution in [-0.2, 0) is 4.79 Å². The molecule has 0 bridgehead atoms. The molecule has 0 saturated heterocycles. The number of hydrogen-bond acceptors (Lipinski definition) is 3. The van der Waals surface area contributed by atoms with E-state index in [1.165, 1.54) is 244 Å². The Balaban J connectivity index is 3.48. The van der Waals surface area contributed by atoms with Crippen LogP contribution in [0.2, 0.25) is 0 Å². The molecule has 0 radical (unpaired) electrons. The fraction of sp³-hybridized carbons (Fsp3) is 0.941. The van der Waals surface area contributed by atoms with E-state index in [9.17, 15) is 15.0 Å². The van der Waals surface area contributed by atoms with Gasteiger partial charge in [0.2, 0.25) is 5.91 Å². The van der Waals surface area contributed by atoms with E-state index in [0.29, 0.717) is 6.42 Å². The Bertz CT molecular complexity index is 754. The summed E-state index contributed by atoms with van der Waals surface area (Å²) in [6, 6.07) is -0.617. The van der Waals surface area contributed by atoms with Gasteiger partial charge in [0.05, 0.1) is 18.8 Å². The Kier molecular flexibility index (Phi) is 46.8. The van der Waals surface area contributed by atoms with Crippen LogP contribution in [0, 0.1) is 0 Å². The first kappa shape index (κ1) is 54.1. The van der Waals surface area contributed by atoms with Gasteiger partial charge in [0.25, 0.3) is 0 Å². The molecule has 0 aliphatic carbocycles. The summed E-state index contributed by atoms with van der Waals surface area (Å²) in [6.07, 6.45) is 60.6. The standard InChI is InChI=1S/C51H101NO3/c1-3-5-7-9-11-13-15-17-19-21-23-25-26-27-28-30-32-34-36-38-40-42-44-46-50(54)49(48-53)52-51(55)47-45-43-41-39-37-35-33-31-29-24-22-20-18-16-14-12-10-8-6-4-2/h44,46,49-50,53-54H,3-43,45,47-48H2,1-2H3,(H,52,55)/b46-44+. The molecule has 55 heavy (non-hydrogen) atoms. The Morgan fingerprint density at radius 2 is 0.673 bits per heavy atom. The third-order valence-corrected chi connectivity index (χ3v) is 12.0. The molecule has 0 fully saturated rings. The van der Waals surface area contributed by atoms with Crippen molar-refractivity contribution < 1.29 is 15.0 Å². The SMILES string of the molecule is CCCCCCCCCCCCCCCCCCCCCCC/C=C/C(O)C(CO)NC(=O)CCCCCCCCCCCCCCCCCCCCCC. The molecule has 0 aromatic carbocycles. The average molecular weight is 776 g/mol. The lowest BCUT2D eigenvalue weighted by Crippen LogP contribution is -2.45. The van der Waals surface area contributed by atoms with Crippen molar-refractivity contribution in [3.8, 4) is 0 Å². The number of allylic oxidation sites excluding steroid dienone is 1. The Morgan fingerprint density at radius 3 is 0.945 bits per heavy atom. The van der Waals surface area contributed by atoms with E-state index in [4.69, 9.17) is 0 Å². The van der Waals surface area contributed by atoms with E-state index >= 15 is 0 Å². The van der Waals surface area contributed by atoms with Gasteiger partial charge in [-0.3, -0.25) is 4.79 Å². The summed E-state index contributed by atoms with van der Waals surface area (Å²) in [6.45, 7) is 4.35. The van der Waals surface area contributed by atoms with E-state index in [1.807, 2.05) is 6.08 Å². The van der Waals surface area contributed by atoms with Gasteiger partial charge in [-0.25, -0.2) is 0 Å². The maximum absolute atomic E-state index is 12.4. The maximum Gasteiger partial charge on any atom is 0.220 e. The molecule has 4 heteroatoms. The molecular formula is C51H101NO3. The lowest BCUT2D eigenvalue weighted by atomic mass is 10.0. The second-order valence-electron chi connectivity index (χ2n) is 17.6. The second-order valence-corrected chi connectivity index (χ2v) is 17.6. The van der Waals surface area contributed by atoms with E-state index in [0.717, 1.165) is 25.7 Å². The third-order valence-electron chi connectivity index (χ3n) is 12.0. The molecule has 0 rings (SSSR count). The van der Waals surface area contributed by atoms with Crippen LogP contribution in [0.25, 0.3) is 0 Å². The van der Waals surface area contributed by atoms with Crippen LogP contribution in [0.4, 0.5) is 0 Å². The van der Waals surface area contributed by atoms with Crippen molar-refractivity contribution in [2.75, 3.05) is 6.61 Å². The number of amides is 1. The molecule has 0 spiro atoms. The van der Waals surface area contributed by atoms with Crippen molar-refractivity contribution in [3.63, 3.8) is 0 Å². The van der Waals surface area contributed by atoms with Crippen LogP contribution in [0.15, 0.2) is 12.2 Å². The van der Waals surface area contributed by atoms with Gasteiger partial charge < -0.3 is 15.5 Å². The number of carbonyl (C=O) groups is 1. The third kappa shape index (κ3) is 44.1. The summed E-state index contributed by atoms with van der Waals surface area (Å²) in [7, 11) is 0. The first-order valence-corrected chi connectivity index (χ1v) is 25.4. The highest BCUT2D eigenvalue weighted by Gasteiger charge is 2.18. The number of carbonyl (C=O) groups excluding carboxylic acids is 1. The lowest BCUT2D eigenvalue weighted by Gasteiger charge is -2.20. The van der Waals surface area contributed by atoms with Gasteiger partial charge >= 0.3 is 0 Å². The molecule has 2 unspecified atom stereocenters. The van der Waals surface area contributed by atoms with Gasteiger partial charge in [-0.05, 0) is 19.3 Å². The first-order chi connectivity index (χ1) is 27.2. The summed E-state index contributed by atoms with van der Waals surface area (Å²) in [4.78, 5) is 12.4. The van der Waals surface area contributed by atoms with Crippen LogP contribution in [-0.4, -0.2) is 34.9 Å². The fourth-order valence-electron chi connectivity index (χ4n) is 8.12. The minimum Gasteiger partial charge on any atom is -0.394 e. The topological polar surface area (TPSA) is 69.6 Å².